The minimum Gasteiger partial charge on any atom is -0.198 e. The number of fused-ring (bicyclic) bond motifs is 1. The molecular formula is C10H8BrN. The molecule has 2 rings (SSSR count). The molecule has 12 heavy (non-hydrogen) atoms. The Morgan fingerprint density at radius 3 is 3.08 bits per heavy atom. The second-order valence-corrected chi connectivity index (χ2v) is 3.88. The molecule has 0 spiro atoms. The summed E-state index contributed by atoms with van der Waals surface area (Å²) < 4.78 is 1.15. The molecule has 0 radical (unpaired) electrons. The summed E-state index contributed by atoms with van der Waals surface area (Å²) in [5.41, 5.74) is 2.54. The van der Waals surface area contributed by atoms with Crippen molar-refractivity contribution in [2.45, 2.75) is 18.8 Å². The first-order chi connectivity index (χ1) is 5.83. The predicted octanol–water partition coefficient (Wildman–Crippen LogP) is 3.00. The van der Waals surface area contributed by atoms with Crippen molar-refractivity contribution in [2.24, 2.45) is 0 Å². The first-order valence-corrected chi connectivity index (χ1v) is 4.79. The van der Waals surface area contributed by atoms with E-state index in [4.69, 9.17) is 5.26 Å². The highest BCUT2D eigenvalue weighted by atomic mass is 79.9. The van der Waals surface area contributed by atoms with Crippen LogP contribution in [0.1, 0.15) is 23.5 Å². The maximum Gasteiger partial charge on any atom is 0.0719 e. The molecule has 1 unspecified atom stereocenters. The summed E-state index contributed by atoms with van der Waals surface area (Å²) >= 11 is 3.49. The fourth-order valence-corrected chi connectivity index (χ4v) is 2.32. The minimum absolute atomic E-state index is 0.123. The van der Waals surface area contributed by atoms with Gasteiger partial charge in [0.1, 0.15) is 0 Å². The van der Waals surface area contributed by atoms with Crippen LogP contribution in [0.5, 0.6) is 0 Å². The third-order valence-corrected chi connectivity index (χ3v) is 3.11. The Bertz CT molecular complexity index is 351. The molecule has 1 atom stereocenters. The lowest BCUT2D eigenvalue weighted by Crippen LogP contribution is -1.87. The van der Waals surface area contributed by atoms with Crippen LogP contribution in [0, 0.1) is 11.3 Å². The number of halogens is 1. The molecule has 2 heteroatoms. The molecular weight excluding hydrogens is 214 g/mol. The Labute approximate surface area is 80.1 Å². The van der Waals surface area contributed by atoms with Gasteiger partial charge in [-0.15, -0.1) is 0 Å². The van der Waals surface area contributed by atoms with Gasteiger partial charge in [0.2, 0.25) is 0 Å². The van der Waals surface area contributed by atoms with Gasteiger partial charge < -0.3 is 0 Å². The van der Waals surface area contributed by atoms with Crippen molar-refractivity contribution >= 4 is 15.9 Å². The first kappa shape index (κ1) is 7.82. The number of nitrogens with zero attached hydrogens (tertiary/aromatic N) is 1. The quantitative estimate of drug-likeness (QED) is 0.661. The van der Waals surface area contributed by atoms with E-state index in [0.717, 1.165) is 17.3 Å². The van der Waals surface area contributed by atoms with Gasteiger partial charge in [0, 0.05) is 4.47 Å². The van der Waals surface area contributed by atoms with Crippen molar-refractivity contribution in [3.05, 3.63) is 33.8 Å². The Morgan fingerprint density at radius 2 is 2.33 bits per heavy atom. The highest BCUT2D eigenvalue weighted by Gasteiger charge is 2.22. The highest BCUT2D eigenvalue weighted by molar-refractivity contribution is 9.10. The third-order valence-electron chi connectivity index (χ3n) is 2.37. The Balaban J connectivity index is 2.55. The fraction of sp³-hybridized carbons (Fsp3) is 0.300. The second-order valence-electron chi connectivity index (χ2n) is 3.03. The number of benzene rings is 1. The summed E-state index contributed by atoms with van der Waals surface area (Å²) in [6, 6.07) is 8.42. The molecule has 0 saturated heterocycles. The SMILES string of the molecule is N#CC1CCc2c(Br)cccc21. The van der Waals surface area contributed by atoms with Crippen LogP contribution in [0.25, 0.3) is 0 Å². The third kappa shape index (κ3) is 1.05. The van der Waals surface area contributed by atoms with E-state index in [1.54, 1.807) is 0 Å². The molecule has 0 bridgehead atoms. The van der Waals surface area contributed by atoms with Gasteiger partial charge in [-0.3, -0.25) is 0 Å². The van der Waals surface area contributed by atoms with Gasteiger partial charge in [-0.2, -0.15) is 5.26 Å². The molecule has 0 aliphatic heterocycles. The monoisotopic (exact) mass is 221 g/mol. The molecule has 1 aromatic carbocycles. The van der Waals surface area contributed by atoms with E-state index in [0.29, 0.717) is 0 Å². The molecule has 0 aromatic heterocycles. The summed E-state index contributed by atoms with van der Waals surface area (Å²) in [4.78, 5) is 0. The Hall–Kier alpha value is -0.810. The molecule has 0 fully saturated rings. The van der Waals surface area contributed by atoms with Crippen LogP contribution in [0.15, 0.2) is 22.7 Å². The predicted molar refractivity (Wildman–Crippen MR) is 50.8 cm³/mol. The molecule has 0 amide bonds. The van der Waals surface area contributed by atoms with Crippen LogP contribution in [0.2, 0.25) is 0 Å². The summed E-state index contributed by atoms with van der Waals surface area (Å²) in [6.45, 7) is 0. The van der Waals surface area contributed by atoms with Crippen LogP contribution in [0.4, 0.5) is 0 Å². The van der Waals surface area contributed by atoms with Crippen LogP contribution >= 0.6 is 15.9 Å². The summed E-state index contributed by atoms with van der Waals surface area (Å²) in [7, 11) is 0. The molecule has 1 aliphatic rings. The summed E-state index contributed by atoms with van der Waals surface area (Å²) in [5.74, 6) is 0.123. The van der Waals surface area contributed by atoms with Crippen molar-refractivity contribution in [1.82, 2.24) is 0 Å². The average molecular weight is 222 g/mol. The number of nitriles is 1. The molecule has 1 aromatic rings. The van der Waals surface area contributed by atoms with Gasteiger partial charge in [0.15, 0.2) is 0 Å². The zero-order valence-electron chi connectivity index (χ0n) is 6.55. The molecule has 1 nitrogen and oxygen atoms in total. The van der Waals surface area contributed by atoms with E-state index in [-0.39, 0.29) is 5.92 Å². The maximum absolute atomic E-state index is 8.84. The molecule has 0 saturated carbocycles. The van der Waals surface area contributed by atoms with Crippen molar-refractivity contribution < 1.29 is 0 Å². The first-order valence-electron chi connectivity index (χ1n) is 4.00. The summed E-state index contributed by atoms with van der Waals surface area (Å²) in [6.07, 6.45) is 2.02. The maximum atomic E-state index is 8.84. The van der Waals surface area contributed by atoms with Gasteiger partial charge in [-0.25, -0.2) is 0 Å². The largest absolute Gasteiger partial charge is 0.198 e. The topological polar surface area (TPSA) is 23.8 Å². The lowest BCUT2D eigenvalue weighted by Gasteiger charge is -2.02. The van der Waals surface area contributed by atoms with E-state index in [1.165, 1.54) is 11.1 Å². The highest BCUT2D eigenvalue weighted by Crippen LogP contribution is 2.36. The molecule has 0 N–H and O–H groups in total. The molecule has 1 aliphatic carbocycles. The van der Waals surface area contributed by atoms with E-state index < -0.39 is 0 Å². The van der Waals surface area contributed by atoms with Gasteiger partial charge in [0.25, 0.3) is 0 Å². The number of hydrogen-bond acceptors (Lipinski definition) is 1. The van der Waals surface area contributed by atoms with Crippen molar-refractivity contribution in [3.8, 4) is 6.07 Å². The van der Waals surface area contributed by atoms with Gasteiger partial charge in [-0.05, 0) is 30.0 Å². The fourth-order valence-electron chi connectivity index (χ4n) is 1.74. The van der Waals surface area contributed by atoms with Crippen LogP contribution in [-0.2, 0) is 6.42 Å². The lowest BCUT2D eigenvalue weighted by molar-refractivity contribution is 0.825. The minimum atomic E-state index is 0.123. The summed E-state index contributed by atoms with van der Waals surface area (Å²) in [5, 5.41) is 8.84. The molecule has 0 heterocycles. The zero-order valence-corrected chi connectivity index (χ0v) is 8.13. The Morgan fingerprint density at radius 1 is 1.50 bits per heavy atom. The van der Waals surface area contributed by atoms with E-state index in [1.807, 2.05) is 12.1 Å². The van der Waals surface area contributed by atoms with E-state index >= 15 is 0 Å². The van der Waals surface area contributed by atoms with Crippen molar-refractivity contribution in [1.29, 1.82) is 5.26 Å². The lowest BCUT2D eigenvalue weighted by atomic mass is 10.0. The van der Waals surface area contributed by atoms with E-state index in [2.05, 4.69) is 28.1 Å². The molecule has 60 valence electrons. The van der Waals surface area contributed by atoms with Crippen LogP contribution in [0.3, 0.4) is 0 Å². The standard InChI is InChI=1S/C10H8BrN/c11-10-3-1-2-8-7(6-12)4-5-9(8)10/h1-3,7H,4-5H2. The van der Waals surface area contributed by atoms with Gasteiger partial charge >= 0.3 is 0 Å². The zero-order chi connectivity index (χ0) is 8.55. The Kier molecular flexibility index (Phi) is 1.90. The average Bonchev–Trinajstić information content (AvgIpc) is 2.49. The van der Waals surface area contributed by atoms with Gasteiger partial charge in [-0.1, -0.05) is 28.1 Å². The van der Waals surface area contributed by atoms with Gasteiger partial charge in [0.05, 0.1) is 12.0 Å². The van der Waals surface area contributed by atoms with E-state index in [9.17, 15) is 0 Å². The van der Waals surface area contributed by atoms with Crippen LogP contribution in [-0.4, -0.2) is 0 Å². The second kappa shape index (κ2) is 2.91. The number of hydrogen-bond donors (Lipinski definition) is 0. The normalized spacial score (nSPS) is 20.2. The van der Waals surface area contributed by atoms with Crippen molar-refractivity contribution in [2.75, 3.05) is 0 Å². The number of rotatable bonds is 0. The smallest absolute Gasteiger partial charge is 0.0719 e. The van der Waals surface area contributed by atoms with Crippen LogP contribution < -0.4 is 0 Å². The van der Waals surface area contributed by atoms with Crippen molar-refractivity contribution in [3.63, 3.8) is 0 Å².